The first-order valence-corrected chi connectivity index (χ1v) is 16.7. The number of piperidine rings is 1. The maximum atomic E-state index is 13.1. The molecular weight excluding hydrogens is 640 g/mol. The second-order valence-corrected chi connectivity index (χ2v) is 12.1. The van der Waals surface area contributed by atoms with Gasteiger partial charge in [0.05, 0.1) is 69.7 Å². The summed E-state index contributed by atoms with van der Waals surface area (Å²) in [5, 5.41) is 7.43. The fourth-order valence-corrected chi connectivity index (χ4v) is 6.36. The molecule has 2 aliphatic carbocycles. The molecule has 15 heteroatoms. The molecule has 264 valence electrons. The van der Waals surface area contributed by atoms with Crippen LogP contribution in [-0.2, 0) is 38.1 Å². The molecule has 1 saturated heterocycles. The van der Waals surface area contributed by atoms with E-state index in [0.717, 1.165) is 30.6 Å². The molecule has 2 aliphatic heterocycles. The number of hydrogen-bond acceptors (Lipinski definition) is 11. The minimum Gasteiger partial charge on any atom is -0.449 e. The van der Waals surface area contributed by atoms with Crippen LogP contribution in [0.15, 0.2) is 18.2 Å². The van der Waals surface area contributed by atoms with Crippen molar-refractivity contribution in [2.45, 2.75) is 44.6 Å². The summed E-state index contributed by atoms with van der Waals surface area (Å²) in [5.74, 6) is 5.00. The Morgan fingerprint density at radius 2 is 1.49 bits per heavy atom. The third-order valence-electron chi connectivity index (χ3n) is 8.85. The Morgan fingerprint density at radius 3 is 2.16 bits per heavy atom. The van der Waals surface area contributed by atoms with Gasteiger partial charge in [-0.15, -0.1) is 11.8 Å². The summed E-state index contributed by atoms with van der Waals surface area (Å²) in [6.45, 7) is 2.56. The van der Waals surface area contributed by atoms with Gasteiger partial charge in [-0.25, -0.2) is 4.79 Å². The highest BCUT2D eigenvalue weighted by Crippen LogP contribution is 2.52. The van der Waals surface area contributed by atoms with Gasteiger partial charge in [-0.05, 0) is 49.1 Å². The predicted molar refractivity (Wildman–Crippen MR) is 171 cm³/mol. The van der Waals surface area contributed by atoms with Gasteiger partial charge >= 0.3 is 6.09 Å². The van der Waals surface area contributed by atoms with E-state index in [1.807, 2.05) is 0 Å². The van der Waals surface area contributed by atoms with E-state index in [4.69, 9.17) is 23.7 Å². The molecule has 6 amide bonds. The monoisotopic (exact) mass is 682 g/mol. The molecule has 15 nitrogen and oxygen atoms in total. The van der Waals surface area contributed by atoms with Gasteiger partial charge in [0.1, 0.15) is 12.6 Å². The van der Waals surface area contributed by atoms with Gasteiger partial charge < -0.3 is 34.3 Å². The molecule has 0 radical (unpaired) electrons. The van der Waals surface area contributed by atoms with Crippen LogP contribution < -0.4 is 16.0 Å². The lowest BCUT2D eigenvalue weighted by Crippen LogP contribution is -2.54. The second kappa shape index (κ2) is 17.9. The van der Waals surface area contributed by atoms with E-state index in [1.54, 1.807) is 0 Å². The second-order valence-electron chi connectivity index (χ2n) is 12.1. The summed E-state index contributed by atoms with van der Waals surface area (Å²) in [5.41, 5.74) is 0.172. The highest BCUT2D eigenvalue weighted by atomic mass is 16.6. The van der Waals surface area contributed by atoms with Gasteiger partial charge in [0, 0.05) is 25.8 Å². The number of amides is 6. The van der Waals surface area contributed by atoms with Crippen LogP contribution in [0.2, 0.25) is 0 Å². The zero-order valence-electron chi connectivity index (χ0n) is 27.3. The fourth-order valence-electron chi connectivity index (χ4n) is 6.36. The number of carbonyl (C=O) groups is 6. The topological polar surface area (TPSA) is 188 Å². The van der Waals surface area contributed by atoms with Gasteiger partial charge in [-0.2, -0.15) is 0 Å². The number of ether oxygens (including phenoxy) is 5. The number of benzene rings is 1. The predicted octanol–water partition coefficient (Wildman–Crippen LogP) is 1.26. The SMILES string of the molecule is O=C1CCC(N2C(=O)c3cccc(NC(=O)COCCOCCOCCOCCNC(=O)OCC4[C@H]5CCC#CCC[C@@H]45)c3C2=O)C(=O)N1. The van der Waals surface area contributed by atoms with Crippen LogP contribution in [0.1, 0.15) is 59.2 Å². The number of nitrogens with one attached hydrogen (secondary N) is 3. The summed E-state index contributed by atoms with van der Waals surface area (Å²) in [6, 6.07) is 3.34. The first-order valence-electron chi connectivity index (χ1n) is 16.7. The highest BCUT2D eigenvalue weighted by Gasteiger charge is 2.49. The fraction of sp³-hybridized carbons (Fsp3) is 0.588. The molecule has 2 fully saturated rings. The molecule has 5 rings (SSSR count). The summed E-state index contributed by atoms with van der Waals surface area (Å²) in [7, 11) is 0. The van der Waals surface area contributed by atoms with Gasteiger partial charge in [-0.1, -0.05) is 6.07 Å². The Labute approximate surface area is 284 Å². The number of fused-ring (bicyclic) bond motifs is 2. The van der Waals surface area contributed by atoms with Crippen molar-refractivity contribution in [2.75, 3.05) is 71.3 Å². The van der Waals surface area contributed by atoms with Crippen LogP contribution in [0.25, 0.3) is 0 Å². The van der Waals surface area contributed by atoms with E-state index in [2.05, 4.69) is 27.8 Å². The maximum Gasteiger partial charge on any atom is 0.407 e. The zero-order valence-corrected chi connectivity index (χ0v) is 27.3. The molecule has 49 heavy (non-hydrogen) atoms. The molecule has 0 spiro atoms. The molecule has 4 atom stereocenters. The zero-order chi connectivity index (χ0) is 34.6. The molecule has 4 aliphatic rings. The number of hydrogen-bond donors (Lipinski definition) is 3. The third kappa shape index (κ3) is 9.85. The normalized spacial score (nSPS) is 22.6. The smallest absolute Gasteiger partial charge is 0.407 e. The molecule has 1 aromatic carbocycles. The molecule has 2 unspecified atom stereocenters. The molecule has 0 aromatic heterocycles. The largest absolute Gasteiger partial charge is 0.449 e. The standard InChI is InChI=1S/C34H42N4O11/c39-28-11-10-27(31(41)37-28)38-32(42)24-8-5-9-26(30(24)33(38)43)36-29(40)21-48-19-18-47-17-16-46-15-14-45-13-12-35-34(44)49-20-25-22-6-3-1-2-4-7-23(22)25/h5,8-9,22-23,25,27H,3-4,6-7,10-21H2,(H,35,44)(H,36,40)(H,37,39,41)/t22-,23+,25?,27?. The van der Waals surface area contributed by atoms with Crippen molar-refractivity contribution in [3.63, 3.8) is 0 Å². The summed E-state index contributed by atoms with van der Waals surface area (Å²) in [4.78, 5) is 75.1. The van der Waals surface area contributed by atoms with Crippen molar-refractivity contribution in [1.29, 1.82) is 0 Å². The van der Waals surface area contributed by atoms with E-state index < -0.39 is 41.7 Å². The maximum absolute atomic E-state index is 13.1. The number of rotatable bonds is 18. The van der Waals surface area contributed by atoms with Crippen LogP contribution in [0, 0.1) is 29.6 Å². The van der Waals surface area contributed by atoms with E-state index in [9.17, 15) is 28.8 Å². The van der Waals surface area contributed by atoms with Gasteiger partial charge in [0.25, 0.3) is 11.8 Å². The lowest BCUT2D eigenvalue weighted by molar-refractivity contribution is -0.136. The van der Waals surface area contributed by atoms with Crippen LogP contribution in [-0.4, -0.2) is 113 Å². The van der Waals surface area contributed by atoms with E-state index in [-0.39, 0.29) is 49.5 Å². The minimum atomic E-state index is -1.10. The third-order valence-corrected chi connectivity index (χ3v) is 8.85. The molecule has 1 saturated carbocycles. The lowest BCUT2D eigenvalue weighted by Gasteiger charge is -2.27. The average molecular weight is 683 g/mol. The Hall–Kier alpha value is -4.36. The van der Waals surface area contributed by atoms with Crippen molar-refractivity contribution in [3.05, 3.63) is 29.3 Å². The Balaban J connectivity index is 0.845. The number of imide groups is 2. The first kappa shape index (κ1) is 35.9. The average Bonchev–Trinajstić information content (AvgIpc) is 3.64. The quantitative estimate of drug-likeness (QED) is 0.115. The van der Waals surface area contributed by atoms with Crippen molar-refractivity contribution in [1.82, 2.24) is 15.5 Å². The molecule has 1 aromatic rings. The Morgan fingerprint density at radius 1 is 0.837 bits per heavy atom. The van der Waals surface area contributed by atoms with E-state index in [0.29, 0.717) is 63.9 Å². The summed E-state index contributed by atoms with van der Waals surface area (Å²) in [6.07, 6.45) is 3.68. The lowest BCUT2D eigenvalue weighted by atomic mass is 10.0. The van der Waals surface area contributed by atoms with Gasteiger partial charge in [0.15, 0.2) is 0 Å². The Bertz CT molecular complexity index is 1450. The van der Waals surface area contributed by atoms with Crippen LogP contribution >= 0.6 is 0 Å². The van der Waals surface area contributed by atoms with Gasteiger partial charge in [0.2, 0.25) is 17.7 Å². The molecule has 2 heterocycles. The van der Waals surface area contributed by atoms with Crippen molar-refractivity contribution in [2.24, 2.45) is 17.8 Å². The Kier molecular flexibility index (Phi) is 13.1. The van der Waals surface area contributed by atoms with Crippen molar-refractivity contribution >= 4 is 41.3 Å². The molecular formula is C34H42N4O11. The van der Waals surface area contributed by atoms with Crippen LogP contribution in [0.4, 0.5) is 10.5 Å². The van der Waals surface area contributed by atoms with Crippen LogP contribution in [0.5, 0.6) is 0 Å². The van der Waals surface area contributed by atoms with E-state index in [1.165, 1.54) is 18.2 Å². The number of anilines is 1. The van der Waals surface area contributed by atoms with Crippen molar-refractivity contribution < 1.29 is 52.5 Å². The van der Waals surface area contributed by atoms with Crippen LogP contribution in [0.3, 0.4) is 0 Å². The minimum absolute atomic E-state index is 0.00864. The summed E-state index contributed by atoms with van der Waals surface area (Å²) >= 11 is 0. The highest BCUT2D eigenvalue weighted by molar-refractivity contribution is 6.26. The number of nitrogens with zero attached hydrogens (tertiary/aromatic N) is 1. The number of carbonyl (C=O) groups excluding carboxylic acids is 6. The van der Waals surface area contributed by atoms with Gasteiger partial charge in [-0.3, -0.25) is 34.2 Å². The summed E-state index contributed by atoms with van der Waals surface area (Å²) < 4.78 is 27.1. The van der Waals surface area contributed by atoms with E-state index >= 15 is 0 Å². The number of alkyl carbamates (subject to hydrolysis) is 1. The molecule has 0 bridgehead atoms. The molecule has 3 N–H and O–H groups in total. The van der Waals surface area contributed by atoms with Crippen molar-refractivity contribution in [3.8, 4) is 11.8 Å². The first-order chi connectivity index (χ1) is 23.8.